The van der Waals surface area contributed by atoms with Gasteiger partial charge in [0, 0.05) is 4.90 Å². The van der Waals surface area contributed by atoms with Crippen molar-refractivity contribution >= 4 is 10.8 Å². The monoisotopic (exact) mass is 267 g/mol. The second-order valence-corrected chi connectivity index (χ2v) is 4.81. The Morgan fingerprint density at radius 1 is 1.29 bits per heavy atom. The molecule has 3 atom stereocenters. The van der Waals surface area contributed by atoms with Crippen LogP contribution in [-0.4, -0.2) is 27.8 Å². The Hall–Kier alpha value is -0.920. The van der Waals surface area contributed by atoms with E-state index in [4.69, 9.17) is 5.73 Å². The van der Waals surface area contributed by atoms with Gasteiger partial charge in [-0.25, -0.2) is 8.60 Å². The van der Waals surface area contributed by atoms with Crippen LogP contribution in [0.4, 0.5) is 13.2 Å². The average molecular weight is 267 g/mol. The van der Waals surface area contributed by atoms with Crippen LogP contribution in [-0.2, 0) is 10.8 Å². The molecule has 0 fully saturated rings. The van der Waals surface area contributed by atoms with E-state index < -0.39 is 35.4 Å². The van der Waals surface area contributed by atoms with Crippen molar-refractivity contribution in [3.8, 4) is 0 Å². The number of aliphatic hydroxyl groups excluding tert-OH is 1. The van der Waals surface area contributed by atoms with Crippen molar-refractivity contribution in [1.82, 2.24) is 0 Å². The fourth-order valence-corrected chi connectivity index (χ4v) is 1.84. The smallest absolute Gasteiger partial charge is 0.316 e. The minimum atomic E-state index is -2.96. The van der Waals surface area contributed by atoms with E-state index in [1.807, 2.05) is 0 Å². The van der Waals surface area contributed by atoms with E-state index in [0.717, 1.165) is 0 Å². The SMILES string of the molecule is N[C@H](CF)[C@H](O)c1ccc(S(=O)C(F)F)cc1. The van der Waals surface area contributed by atoms with Crippen molar-refractivity contribution < 1.29 is 22.5 Å². The predicted molar refractivity (Wildman–Crippen MR) is 57.8 cm³/mol. The standard InChI is InChI=1S/C10H12F3NO2S/c11-5-8(14)9(15)6-1-3-7(4-2-6)17(16)10(12)13/h1-4,8-10,15H,5,14H2/t8-,9-,17?/m1/s1. The van der Waals surface area contributed by atoms with Crippen molar-refractivity contribution in [2.75, 3.05) is 6.67 Å². The van der Waals surface area contributed by atoms with Gasteiger partial charge in [-0.3, -0.25) is 0 Å². The number of alkyl halides is 3. The van der Waals surface area contributed by atoms with Crippen LogP contribution in [0.15, 0.2) is 29.2 Å². The highest BCUT2D eigenvalue weighted by atomic mass is 32.2. The highest BCUT2D eigenvalue weighted by molar-refractivity contribution is 7.85. The molecule has 1 aromatic carbocycles. The lowest BCUT2D eigenvalue weighted by atomic mass is 10.0. The molecule has 1 unspecified atom stereocenters. The zero-order chi connectivity index (χ0) is 13.0. The topological polar surface area (TPSA) is 63.3 Å². The maximum atomic E-state index is 12.2. The molecule has 0 bridgehead atoms. The van der Waals surface area contributed by atoms with Gasteiger partial charge in [0.15, 0.2) is 0 Å². The molecule has 0 aliphatic carbocycles. The lowest BCUT2D eigenvalue weighted by molar-refractivity contribution is 0.132. The van der Waals surface area contributed by atoms with Crippen molar-refractivity contribution in [2.45, 2.75) is 22.8 Å². The van der Waals surface area contributed by atoms with Gasteiger partial charge in [0.2, 0.25) is 0 Å². The molecule has 96 valence electrons. The summed E-state index contributed by atoms with van der Waals surface area (Å²) in [5, 5.41) is 9.54. The molecule has 0 heterocycles. The lowest BCUT2D eigenvalue weighted by Gasteiger charge is -2.16. The molecule has 3 N–H and O–H groups in total. The fraction of sp³-hybridized carbons (Fsp3) is 0.400. The third kappa shape index (κ3) is 3.52. The summed E-state index contributed by atoms with van der Waals surface area (Å²) in [6.45, 7) is -0.897. The summed E-state index contributed by atoms with van der Waals surface area (Å²) in [5.74, 6) is -2.96. The van der Waals surface area contributed by atoms with Crippen molar-refractivity contribution in [3.63, 3.8) is 0 Å². The van der Waals surface area contributed by atoms with Gasteiger partial charge in [-0.15, -0.1) is 0 Å². The quantitative estimate of drug-likeness (QED) is 0.846. The second kappa shape index (κ2) is 6.13. The normalized spacial score (nSPS) is 16.8. The number of aliphatic hydroxyl groups is 1. The molecular weight excluding hydrogens is 255 g/mol. The van der Waals surface area contributed by atoms with Crippen LogP contribution in [0, 0.1) is 0 Å². The molecule has 0 aliphatic rings. The Morgan fingerprint density at radius 3 is 2.24 bits per heavy atom. The van der Waals surface area contributed by atoms with Gasteiger partial charge in [0.1, 0.15) is 17.5 Å². The third-order valence-corrected chi connectivity index (χ3v) is 3.26. The summed E-state index contributed by atoms with van der Waals surface area (Å²) in [7, 11) is -2.39. The Balaban J connectivity index is 2.84. The van der Waals surface area contributed by atoms with Crippen LogP contribution < -0.4 is 5.73 Å². The number of nitrogens with two attached hydrogens (primary N) is 1. The van der Waals surface area contributed by atoms with Crippen LogP contribution in [0.3, 0.4) is 0 Å². The number of halogens is 3. The molecule has 0 aliphatic heterocycles. The zero-order valence-corrected chi connectivity index (χ0v) is 9.54. The summed E-state index contributed by atoms with van der Waals surface area (Å²) in [5.41, 5.74) is 5.59. The Morgan fingerprint density at radius 2 is 1.82 bits per heavy atom. The molecular formula is C10H12F3NO2S. The van der Waals surface area contributed by atoms with E-state index in [2.05, 4.69) is 0 Å². The molecule has 0 radical (unpaired) electrons. The Labute approximate surface area is 98.9 Å². The maximum absolute atomic E-state index is 12.2. The summed E-state index contributed by atoms with van der Waals surface area (Å²) < 4.78 is 47.5. The van der Waals surface area contributed by atoms with Crippen molar-refractivity contribution in [3.05, 3.63) is 29.8 Å². The van der Waals surface area contributed by atoms with Gasteiger partial charge < -0.3 is 10.8 Å². The van der Waals surface area contributed by atoms with E-state index in [1.54, 1.807) is 0 Å². The zero-order valence-electron chi connectivity index (χ0n) is 8.72. The first-order valence-corrected chi connectivity index (χ1v) is 5.97. The first-order valence-electron chi connectivity index (χ1n) is 4.75. The Kier molecular flexibility index (Phi) is 5.10. The molecule has 1 aromatic rings. The molecule has 0 saturated heterocycles. The van der Waals surface area contributed by atoms with Crippen LogP contribution in [0.5, 0.6) is 0 Å². The predicted octanol–water partition coefficient (Wildman–Crippen LogP) is 1.35. The van der Waals surface area contributed by atoms with Crippen LogP contribution in [0.25, 0.3) is 0 Å². The summed E-state index contributed by atoms with van der Waals surface area (Å²) in [6, 6.07) is 3.94. The largest absolute Gasteiger partial charge is 0.387 e. The minimum Gasteiger partial charge on any atom is -0.387 e. The summed E-state index contributed by atoms with van der Waals surface area (Å²) in [4.78, 5) is -0.0511. The van der Waals surface area contributed by atoms with E-state index in [9.17, 15) is 22.5 Å². The van der Waals surface area contributed by atoms with E-state index >= 15 is 0 Å². The second-order valence-electron chi connectivity index (χ2n) is 3.39. The number of benzene rings is 1. The fourth-order valence-electron chi connectivity index (χ4n) is 1.23. The van der Waals surface area contributed by atoms with Crippen LogP contribution in [0.2, 0.25) is 0 Å². The molecule has 0 saturated carbocycles. The summed E-state index contributed by atoms with van der Waals surface area (Å²) in [6.07, 6.45) is -1.21. The molecule has 3 nitrogen and oxygen atoms in total. The number of hydrogen-bond donors (Lipinski definition) is 2. The van der Waals surface area contributed by atoms with Gasteiger partial charge in [0.05, 0.1) is 12.1 Å². The van der Waals surface area contributed by atoms with Gasteiger partial charge in [-0.1, -0.05) is 12.1 Å². The lowest BCUT2D eigenvalue weighted by Crippen LogP contribution is -2.30. The Bertz CT molecular complexity index is 386. The maximum Gasteiger partial charge on any atom is 0.316 e. The average Bonchev–Trinajstić information content (AvgIpc) is 2.36. The van der Waals surface area contributed by atoms with Gasteiger partial charge in [-0.2, -0.15) is 8.78 Å². The molecule has 0 spiro atoms. The molecule has 0 amide bonds. The molecule has 0 aromatic heterocycles. The molecule has 7 heteroatoms. The first kappa shape index (κ1) is 14.1. The van der Waals surface area contributed by atoms with Crippen LogP contribution >= 0.6 is 0 Å². The van der Waals surface area contributed by atoms with Gasteiger partial charge >= 0.3 is 5.76 Å². The van der Waals surface area contributed by atoms with Gasteiger partial charge in [0.25, 0.3) is 0 Å². The minimum absolute atomic E-state index is 0.0511. The van der Waals surface area contributed by atoms with Gasteiger partial charge in [-0.05, 0) is 17.7 Å². The highest BCUT2D eigenvalue weighted by Gasteiger charge is 2.19. The third-order valence-electron chi connectivity index (χ3n) is 2.20. The highest BCUT2D eigenvalue weighted by Crippen LogP contribution is 2.20. The molecule has 1 rings (SSSR count). The number of hydrogen-bond acceptors (Lipinski definition) is 3. The van der Waals surface area contributed by atoms with E-state index in [0.29, 0.717) is 5.56 Å². The van der Waals surface area contributed by atoms with Crippen LogP contribution in [0.1, 0.15) is 11.7 Å². The van der Waals surface area contributed by atoms with E-state index in [-0.39, 0.29) is 4.90 Å². The molecule has 17 heavy (non-hydrogen) atoms. The summed E-state index contributed by atoms with van der Waals surface area (Å²) >= 11 is 0. The van der Waals surface area contributed by atoms with Crippen molar-refractivity contribution in [1.29, 1.82) is 0 Å². The number of rotatable bonds is 5. The van der Waals surface area contributed by atoms with E-state index in [1.165, 1.54) is 24.3 Å². The van der Waals surface area contributed by atoms with Crippen molar-refractivity contribution in [2.24, 2.45) is 5.73 Å². The first-order chi connectivity index (χ1) is 7.97.